The summed E-state index contributed by atoms with van der Waals surface area (Å²) in [5.41, 5.74) is 0. The van der Waals surface area contributed by atoms with Gasteiger partial charge in [-0.15, -0.1) is 0 Å². The molecule has 0 bridgehead atoms. The molecule has 1 aromatic heterocycles. The second-order valence-electron chi connectivity index (χ2n) is 5.14. The second-order valence-corrected chi connectivity index (χ2v) is 7.37. The minimum absolute atomic E-state index is 0.0987. The highest BCUT2D eigenvalue weighted by molar-refractivity contribution is 7.91. The summed E-state index contributed by atoms with van der Waals surface area (Å²) in [7, 11) is -2.91. The van der Waals surface area contributed by atoms with Gasteiger partial charge in [0.15, 0.2) is 15.7 Å². The number of hydrogen-bond donors (Lipinski definition) is 1. The normalized spacial score (nSPS) is 27.9. The Kier molecular flexibility index (Phi) is 3.11. The van der Waals surface area contributed by atoms with E-state index in [-0.39, 0.29) is 17.5 Å². The lowest BCUT2D eigenvalue weighted by atomic mass is 9.85. The maximum Gasteiger partial charge on any atom is 0.228 e. The molecule has 2 fully saturated rings. The molecule has 1 N–H and O–H groups in total. The zero-order valence-electron chi connectivity index (χ0n) is 10.1. The first-order valence-electron chi connectivity index (χ1n) is 6.39. The fourth-order valence-electron chi connectivity index (χ4n) is 2.39. The molecule has 1 saturated heterocycles. The van der Waals surface area contributed by atoms with Gasteiger partial charge in [0, 0.05) is 24.9 Å². The summed E-state index contributed by atoms with van der Waals surface area (Å²) in [4.78, 5) is 4.36. The van der Waals surface area contributed by atoms with E-state index in [4.69, 9.17) is 4.52 Å². The first-order chi connectivity index (χ1) is 8.62. The van der Waals surface area contributed by atoms with E-state index in [9.17, 15) is 8.42 Å². The lowest BCUT2D eigenvalue weighted by molar-refractivity contribution is 0.339. The maximum atomic E-state index is 11.5. The van der Waals surface area contributed by atoms with Crippen molar-refractivity contribution in [2.75, 3.05) is 18.1 Å². The zero-order valence-corrected chi connectivity index (χ0v) is 10.9. The monoisotopic (exact) mass is 271 g/mol. The summed E-state index contributed by atoms with van der Waals surface area (Å²) in [6, 6.07) is -0.0987. The molecule has 1 unspecified atom stereocenters. The SMILES string of the molecule is O=S1(=O)CCNC(Cc2nc(C3CCC3)no2)C1. The van der Waals surface area contributed by atoms with E-state index in [2.05, 4.69) is 15.5 Å². The van der Waals surface area contributed by atoms with Crippen LogP contribution in [0.5, 0.6) is 0 Å². The van der Waals surface area contributed by atoms with Crippen molar-refractivity contribution in [1.29, 1.82) is 0 Å². The predicted molar refractivity (Wildman–Crippen MR) is 65.0 cm³/mol. The first-order valence-corrected chi connectivity index (χ1v) is 8.21. The van der Waals surface area contributed by atoms with E-state index in [0.29, 0.717) is 24.8 Å². The second kappa shape index (κ2) is 4.62. The molecule has 1 aliphatic heterocycles. The number of nitrogens with one attached hydrogen (secondary N) is 1. The third-order valence-corrected chi connectivity index (χ3v) is 5.41. The van der Waals surface area contributed by atoms with Crippen molar-refractivity contribution in [3.8, 4) is 0 Å². The average Bonchev–Trinajstić information content (AvgIpc) is 2.62. The molecule has 2 heterocycles. The molecule has 18 heavy (non-hydrogen) atoms. The van der Waals surface area contributed by atoms with Crippen molar-refractivity contribution in [2.24, 2.45) is 0 Å². The standard InChI is InChI=1S/C11H17N3O3S/c15-18(16)5-4-12-9(7-18)6-10-13-11(14-17-10)8-2-1-3-8/h8-9,12H,1-7H2. The third-order valence-electron chi connectivity index (χ3n) is 3.68. The molecule has 1 atom stereocenters. The summed E-state index contributed by atoms with van der Waals surface area (Å²) in [5, 5.41) is 7.16. The minimum atomic E-state index is -2.91. The lowest BCUT2D eigenvalue weighted by Crippen LogP contribution is -2.46. The minimum Gasteiger partial charge on any atom is -0.339 e. The van der Waals surface area contributed by atoms with Crippen LogP contribution in [0.2, 0.25) is 0 Å². The molecule has 0 radical (unpaired) electrons. The van der Waals surface area contributed by atoms with Crippen LogP contribution in [0.25, 0.3) is 0 Å². The number of hydrogen-bond acceptors (Lipinski definition) is 6. The maximum absolute atomic E-state index is 11.5. The van der Waals surface area contributed by atoms with Crippen LogP contribution in [-0.2, 0) is 16.3 Å². The van der Waals surface area contributed by atoms with Gasteiger partial charge >= 0.3 is 0 Å². The Labute approximate surface area is 106 Å². The van der Waals surface area contributed by atoms with Gasteiger partial charge in [0.2, 0.25) is 5.89 Å². The van der Waals surface area contributed by atoms with E-state index in [1.165, 1.54) is 6.42 Å². The van der Waals surface area contributed by atoms with Crippen molar-refractivity contribution in [3.05, 3.63) is 11.7 Å². The Morgan fingerprint density at radius 2 is 2.22 bits per heavy atom. The third kappa shape index (κ3) is 2.56. The summed E-state index contributed by atoms with van der Waals surface area (Å²) in [5.74, 6) is 2.17. The number of aromatic nitrogens is 2. The quantitative estimate of drug-likeness (QED) is 0.849. The summed E-state index contributed by atoms with van der Waals surface area (Å²) >= 11 is 0. The predicted octanol–water partition coefficient (Wildman–Crippen LogP) is 0.266. The number of sulfone groups is 1. The fourth-order valence-corrected chi connectivity index (χ4v) is 3.84. The molecule has 0 aromatic carbocycles. The largest absolute Gasteiger partial charge is 0.339 e. The molecule has 1 aliphatic carbocycles. The van der Waals surface area contributed by atoms with Crippen molar-refractivity contribution < 1.29 is 12.9 Å². The molecule has 7 heteroatoms. The molecule has 1 saturated carbocycles. The number of rotatable bonds is 3. The van der Waals surface area contributed by atoms with E-state index in [0.717, 1.165) is 18.7 Å². The molecular weight excluding hydrogens is 254 g/mol. The topological polar surface area (TPSA) is 85.1 Å². The van der Waals surface area contributed by atoms with Gasteiger partial charge in [0.05, 0.1) is 11.5 Å². The van der Waals surface area contributed by atoms with E-state index in [1.807, 2.05) is 0 Å². The molecule has 3 rings (SSSR count). The van der Waals surface area contributed by atoms with E-state index < -0.39 is 9.84 Å². The van der Waals surface area contributed by atoms with Gasteiger partial charge in [-0.2, -0.15) is 4.98 Å². The van der Waals surface area contributed by atoms with Crippen molar-refractivity contribution >= 4 is 9.84 Å². The summed E-state index contributed by atoms with van der Waals surface area (Å²) < 4.78 is 28.2. The highest BCUT2D eigenvalue weighted by Crippen LogP contribution is 2.34. The van der Waals surface area contributed by atoms with Gasteiger partial charge in [-0.25, -0.2) is 8.42 Å². The number of nitrogens with zero attached hydrogens (tertiary/aromatic N) is 2. The van der Waals surface area contributed by atoms with Crippen LogP contribution < -0.4 is 5.32 Å². The molecule has 2 aliphatic rings. The average molecular weight is 271 g/mol. The Balaban J connectivity index is 1.63. The van der Waals surface area contributed by atoms with Gasteiger partial charge < -0.3 is 9.84 Å². The Morgan fingerprint density at radius 1 is 1.39 bits per heavy atom. The Bertz CT molecular complexity index is 521. The van der Waals surface area contributed by atoms with Crippen LogP contribution >= 0.6 is 0 Å². The van der Waals surface area contributed by atoms with Gasteiger partial charge in [-0.05, 0) is 12.8 Å². The van der Waals surface area contributed by atoms with Crippen molar-refractivity contribution in [2.45, 2.75) is 37.6 Å². The molecular formula is C11H17N3O3S. The highest BCUT2D eigenvalue weighted by atomic mass is 32.2. The first kappa shape index (κ1) is 12.1. The molecule has 100 valence electrons. The van der Waals surface area contributed by atoms with Gasteiger partial charge in [0.1, 0.15) is 0 Å². The Morgan fingerprint density at radius 3 is 2.89 bits per heavy atom. The van der Waals surface area contributed by atoms with Crippen molar-refractivity contribution in [1.82, 2.24) is 15.5 Å². The van der Waals surface area contributed by atoms with Crippen LogP contribution in [0, 0.1) is 0 Å². The van der Waals surface area contributed by atoms with Crippen LogP contribution in [0.1, 0.15) is 36.9 Å². The summed E-state index contributed by atoms with van der Waals surface area (Å²) in [6.45, 7) is 0.511. The van der Waals surface area contributed by atoms with Crippen LogP contribution in [-0.4, -0.2) is 42.7 Å². The zero-order chi connectivity index (χ0) is 12.6. The van der Waals surface area contributed by atoms with Crippen LogP contribution in [0.3, 0.4) is 0 Å². The van der Waals surface area contributed by atoms with E-state index in [1.54, 1.807) is 0 Å². The lowest BCUT2D eigenvalue weighted by Gasteiger charge is -2.22. The van der Waals surface area contributed by atoms with Crippen LogP contribution in [0.15, 0.2) is 4.52 Å². The molecule has 6 nitrogen and oxygen atoms in total. The highest BCUT2D eigenvalue weighted by Gasteiger charge is 2.28. The van der Waals surface area contributed by atoms with Gasteiger partial charge in [0.25, 0.3) is 0 Å². The molecule has 0 amide bonds. The molecule has 0 spiro atoms. The van der Waals surface area contributed by atoms with Crippen LogP contribution in [0.4, 0.5) is 0 Å². The summed E-state index contributed by atoms with van der Waals surface area (Å²) in [6.07, 6.45) is 4.00. The fraction of sp³-hybridized carbons (Fsp3) is 0.818. The Hall–Kier alpha value is -0.950. The van der Waals surface area contributed by atoms with Gasteiger partial charge in [-0.3, -0.25) is 0 Å². The van der Waals surface area contributed by atoms with Gasteiger partial charge in [-0.1, -0.05) is 11.6 Å². The molecule has 1 aromatic rings. The smallest absolute Gasteiger partial charge is 0.228 e. The van der Waals surface area contributed by atoms with E-state index >= 15 is 0 Å². The van der Waals surface area contributed by atoms with Crippen molar-refractivity contribution in [3.63, 3.8) is 0 Å².